The van der Waals surface area contributed by atoms with Crippen LogP contribution >= 0.6 is 11.8 Å². The molecular formula is C22H29N3OS. The maximum Gasteiger partial charge on any atom is 0.243 e. The molecule has 2 aromatic carbocycles. The number of amides is 1. The molecule has 0 aliphatic carbocycles. The molecule has 5 heteroatoms. The summed E-state index contributed by atoms with van der Waals surface area (Å²) in [6.45, 7) is 7.76. The van der Waals surface area contributed by atoms with Crippen molar-refractivity contribution in [2.75, 3.05) is 48.4 Å². The second-order valence-corrected chi connectivity index (χ2v) is 8.44. The Hall–Kier alpha value is -1.98. The number of carbonyl (C=O) groups is 1. The summed E-state index contributed by atoms with van der Waals surface area (Å²) < 4.78 is 0. The highest BCUT2D eigenvalue weighted by Crippen LogP contribution is 2.21. The molecule has 0 atom stereocenters. The first kappa shape index (κ1) is 19.8. The summed E-state index contributed by atoms with van der Waals surface area (Å²) in [5.74, 6) is 2.42. The first-order chi connectivity index (χ1) is 13.0. The Bertz CT molecular complexity index is 787. The first-order valence-corrected chi connectivity index (χ1v) is 10.6. The van der Waals surface area contributed by atoms with E-state index in [4.69, 9.17) is 0 Å². The number of benzene rings is 2. The number of anilines is 2. The van der Waals surface area contributed by atoms with Gasteiger partial charge in [0.15, 0.2) is 0 Å². The zero-order chi connectivity index (χ0) is 19.2. The van der Waals surface area contributed by atoms with Gasteiger partial charge in [-0.2, -0.15) is 11.8 Å². The van der Waals surface area contributed by atoms with Crippen molar-refractivity contribution in [1.82, 2.24) is 4.90 Å². The molecule has 1 amide bonds. The van der Waals surface area contributed by atoms with Crippen LogP contribution in [0.1, 0.15) is 16.7 Å². The molecule has 1 fully saturated rings. The van der Waals surface area contributed by atoms with Crippen LogP contribution in [-0.4, -0.2) is 49.0 Å². The highest BCUT2D eigenvalue weighted by Gasteiger charge is 2.13. The van der Waals surface area contributed by atoms with Gasteiger partial charge in [0.1, 0.15) is 0 Å². The fourth-order valence-corrected chi connectivity index (χ4v) is 4.39. The maximum absolute atomic E-state index is 12.5. The number of hydrogen-bond acceptors (Lipinski definition) is 4. The number of aryl methyl sites for hydroxylation is 1. The number of hydrogen-bond donors (Lipinski definition) is 1. The Morgan fingerprint density at radius 1 is 1.15 bits per heavy atom. The summed E-state index contributed by atoms with van der Waals surface area (Å²) in [7, 11) is 1.96. The Labute approximate surface area is 166 Å². The average Bonchev–Trinajstić information content (AvgIpc) is 2.65. The van der Waals surface area contributed by atoms with Gasteiger partial charge in [-0.15, -0.1) is 0 Å². The molecule has 2 aromatic rings. The predicted octanol–water partition coefficient (Wildman–Crippen LogP) is 3.93. The van der Waals surface area contributed by atoms with Gasteiger partial charge in [0.05, 0.1) is 6.54 Å². The van der Waals surface area contributed by atoms with Crippen LogP contribution in [0.5, 0.6) is 0 Å². The largest absolute Gasteiger partial charge is 0.365 e. The van der Waals surface area contributed by atoms with Gasteiger partial charge in [0.25, 0.3) is 0 Å². The zero-order valence-electron chi connectivity index (χ0n) is 16.5. The normalized spacial score (nSPS) is 14.8. The van der Waals surface area contributed by atoms with E-state index in [-0.39, 0.29) is 5.91 Å². The lowest BCUT2D eigenvalue weighted by Crippen LogP contribution is -2.32. The van der Waals surface area contributed by atoms with Gasteiger partial charge in [0, 0.05) is 49.6 Å². The molecule has 0 saturated carbocycles. The average molecular weight is 384 g/mol. The van der Waals surface area contributed by atoms with E-state index < -0.39 is 0 Å². The molecule has 0 radical (unpaired) electrons. The van der Waals surface area contributed by atoms with Gasteiger partial charge in [-0.1, -0.05) is 24.3 Å². The number of rotatable bonds is 6. The van der Waals surface area contributed by atoms with E-state index in [1.54, 1.807) is 0 Å². The topological polar surface area (TPSA) is 35.6 Å². The summed E-state index contributed by atoms with van der Waals surface area (Å²) >= 11 is 2.02. The number of nitrogens with one attached hydrogen (secondary N) is 1. The van der Waals surface area contributed by atoms with E-state index in [0.29, 0.717) is 6.54 Å². The van der Waals surface area contributed by atoms with Crippen LogP contribution in [0.2, 0.25) is 0 Å². The molecule has 0 unspecified atom stereocenters. The molecule has 3 rings (SSSR count). The number of thioether (sulfide) groups is 1. The lowest BCUT2D eigenvalue weighted by molar-refractivity contribution is -0.114. The van der Waals surface area contributed by atoms with E-state index in [0.717, 1.165) is 31.0 Å². The van der Waals surface area contributed by atoms with Crippen molar-refractivity contribution in [1.29, 1.82) is 0 Å². The third-order valence-electron chi connectivity index (χ3n) is 5.09. The van der Waals surface area contributed by atoms with Crippen LogP contribution in [0.3, 0.4) is 0 Å². The minimum absolute atomic E-state index is 0.00456. The van der Waals surface area contributed by atoms with Crippen LogP contribution in [0.4, 0.5) is 11.4 Å². The van der Waals surface area contributed by atoms with Gasteiger partial charge in [-0.25, -0.2) is 0 Å². The van der Waals surface area contributed by atoms with E-state index in [2.05, 4.69) is 48.3 Å². The van der Waals surface area contributed by atoms with Crippen molar-refractivity contribution in [3.63, 3.8) is 0 Å². The van der Waals surface area contributed by atoms with Crippen LogP contribution in [0.25, 0.3) is 0 Å². The number of nitrogens with zero attached hydrogens (tertiary/aromatic N) is 2. The van der Waals surface area contributed by atoms with E-state index >= 15 is 0 Å². The molecule has 144 valence electrons. The van der Waals surface area contributed by atoms with Crippen molar-refractivity contribution >= 4 is 29.0 Å². The Balaban J connectivity index is 1.58. The molecule has 0 aromatic heterocycles. The SMILES string of the molecule is Cc1cccc(N(C)CC(=O)Nc2cccc(CN3CCSCC3)c2)c1C. The second-order valence-electron chi connectivity index (χ2n) is 7.21. The molecule has 1 heterocycles. The van der Waals surface area contributed by atoms with Crippen LogP contribution in [0.15, 0.2) is 42.5 Å². The number of likely N-dealkylation sites (N-methyl/N-ethyl adjacent to an activating group) is 1. The maximum atomic E-state index is 12.5. The Morgan fingerprint density at radius 3 is 2.67 bits per heavy atom. The summed E-state index contributed by atoms with van der Waals surface area (Å²) in [5, 5.41) is 3.05. The predicted molar refractivity (Wildman–Crippen MR) is 117 cm³/mol. The van der Waals surface area contributed by atoms with Gasteiger partial charge in [-0.3, -0.25) is 9.69 Å². The fraction of sp³-hybridized carbons (Fsp3) is 0.409. The minimum Gasteiger partial charge on any atom is -0.365 e. The molecular weight excluding hydrogens is 354 g/mol. The van der Waals surface area contributed by atoms with E-state index in [9.17, 15) is 4.79 Å². The van der Waals surface area contributed by atoms with Crippen molar-refractivity contribution in [2.45, 2.75) is 20.4 Å². The minimum atomic E-state index is 0.00456. The lowest BCUT2D eigenvalue weighted by Gasteiger charge is -2.26. The van der Waals surface area contributed by atoms with Crippen molar-refractivity contribution in [3.8, 4) is 0 Å². The van der Waals surface area contributed by atoms with Gasteiger partial charge < -0.3 is 10.2 Å². The van der Waals surface area contributed by atoms with Crippen molar-refractivity contribution < 1.29 is 4.79 Å². The highest BCUT2D eigenvalue weighted by molar-refractivity contribution is 7.99. The molecule has 4 nitrogen and oxygen atoms in total. The molecule has 27 heavy (non-hydrogen) atoms. The van der Waals surface area contributed by atoms with Crippen molar-refractivity contribution in [2.24, 2.45) is 0 Å². The quantitative estimate of drug-likeness (QED) is 0.820. The van der Waals surface area contributed by atoms with Crippen molar-refractivity contribution in [3.05, 3.63) is 59.2 Å². The zero-order valence-corrected chi connectivity index (χ0v) is 17.3. The smallest absolute Gasteiger partial charge is 0.243 e. The molecule has 1 aliphatic rings. The Morgan fingerprint density at radius 2 is 1.89 bits per heavy atom. The summed E-state index contributed by atoms with van der Waals surface area (Å²) in [6, 6.07) is 14.4. The van der Waals surface area contributed by atoms with Gasteiger partial charge in [-0.05, 0) is 48.7 Å². The summed E-state index contributed by atoms with van der Waals surface area (Å²) in [5.41, 5.74) is 5.68. The van der Waals surface area contributed by atoms with Crippen LogP contribution in [-0.2, 0) is 11.3 Å². The summed E-state index contributed by atoms with van der Waals surface area (Å²) in [4.78, 5) is 17.0. The molecule has 1 saturated heterocycles. The number of carbonyl (C=O) groups excluding carboxylic acids is 1. The summed E-state index contributed by atoms with van der Waals surface area (Å²) in [6.07, 6.45) is 0. The first-order valence-electron chi connectivity index (χ1n) is 9.49. The monoisotopic (exact) mass is 383 g/mol. The standard InChI is InChI=1S/C22H29N3OS/c1-17-6-4-9-21(18(17)2)24(3)16-22(26)23-20-8-5-7-19(14-20)15-25-10-12-27-13-11-25/h4-9,14H,10-13,15-16H2,1-3H3,(H,23,26). The molecule has 0 bridgehead atoms. The molecule has 1 aliphatic heterocycles. The molecule has 1 N–H and O–H groups in total. The van der Waals surface area contributed by atoms with Gasteiger partial charge in [0.2, 0.25) is 5.91 Å². The van der Waals surface area contributed by atoms with Gasteiger partial charge >= 0.3 is 0 Å². The Kier molecular flexibility index (Phi) is 6.80. The second kappa shape index (κ2) is 9.29. The van der Waals surface area contributed by atoms with E-state index in [1.165, 1.54) is 28.2 Å². The van der Waals surface area contributed by atoms with E-state index in [1.807, 2.05) is 41.9 Å². The lowest BCUT2D eigenvalue weighted by atomic mass is 10.1. The van der Waals surface area contributed by atoms with Crippen LogP contribution in [0, 0.1) is 13.8 Å². The molecule has 0 spiro atoms. The van der Waals surface area contributed by atoms with Crippen LogP contribution < -0.4 is 10.2 Å². The fourth-order valence-electron chi connectivity index (χ4n) is 3.42. The third-order valence-corrected chi connectivity index (χ3v) is 6.03. The third kappa shape index (κ3) is 5.50. The highest BCUT2D eigenvalue weighted by atomic mass is 32.2.